The molecule has 0 saturated carbocycles. The Bertz CT molecular complexity index is 943. The highest BCUT2D eigenvalue weighted by molar-refractivity contribution is 6.30. The fourth-order valence-corrected chi connectivity index (χ4v) is 4.31. The summed E-state index contributed by atoms with van der Waals surface area (Å²) in [6.07, 6.45) is 1.63. The van der Waals surface area contributed by atoms with Crippen LogP contribution in [-0.2, 0) is 4.74 Å². The standard InChI is InChI=1S/C27H29ClF2N2O/c28-23-7-13-26(14-8-23)32-18-16-31(17-19-32)15-1-2-20-33-27(21-3-9-24(29)10-4-21)22-5-11-25(30)12-6-22/h3-14,27H,1-2,15-20H2. The van der Waals surface area contributed by atoms with Crippen molar-refractivity contribution >= 4 is 17.3 Å². The quantitative estimate of drug-likeness (QED) is 0.340. The topological polar surface area (TPSA) is 15.7 Å². The average Bonchev–Trinajstić information content (AvgIpc) is 2.84. The van der Waals surface area contributed by atoms with Gasteiger partial charge in [0.15, 0.2) is 0 Å². The fourth-order valence-electron chi connectivity index (χ4n) is 4.18. The molecule has 174 valence electrons. The number of nitrogens with zero attached hydrogens (tertiary/aromatic N) is 2. The Morgan fingerprint density at radius 3 is 1.82 bits per heavy atom. The minimum absolute atomic E-state index is 0.284. The zero-order chi connectivity index (χ0) is 23.0. The van der Waals surface area contributed by atoms with Gasteiger partial charge in [-0.05, 0) is 79.0 Å². The van der Waals surface area contributed by atoms with E-state index in [1.807, 2.05) is 12.1 Å². The lowest BCUT2D eigenvalue weighted by molar-refractivity contribution is 0.0750. The minimum atomic E-state index is -0.339. The summed E-state index contributed by atoms with van der Waals surface area (Å²) >= 11 is 5.99. The van der Waals surface area contributed by atoms with Crippen LogP contribution >= 0.6 is 11.6 Å². The Labute approximate surface area is 199 Å². The summed E-state index contributed by atoms with van der Waals surface area (Å²) in [7, 11) is 0. The second-order valence-corrected chi connectivity index (χ2v) is 8.80. The Kier molecular flexibility index (Phi) is 8.32. The fraction of sp³-hybridized carbons (Fsp3) is 0.333. The average molecular weight is 471 g/mol. The van der Waals surface area contributed by atoms with E-state index in [2.05, 4.69) is 21.9 Å². The van der Waals surface area contributed by atoms with Gasteiger partial charge in [-0.1, -0.05) is 35.9 Å². The van der Waals surface area contributed by atoms with Crippen LogP contribution in [-0.4, -0.2) is 44.2 Å². The van der Waals surface area contributed by atoms with Crippen LogP contribution in [0.25, 0.3) is 0 Å². The number of rotatable bonds is 9. The first-order valence-corrected chi connectivity index (χ1v) is 11.8. The predicted molar refractivity (Wildman–Crippen MR) is 130 cm³/mol. The molecule has 1 aliphatic heterocycles. The molecule has 0 unspecified atom stereocenters. The van der Waals surface area contributed by atoms with Gasteiger partial charge < -0.3 is 9.64 Å². The molecule has 0 bridgehead atoms. The molecular weight excluding hydrogens is 442 g/mol. The Hall–Kier alpha value is -2.47. The van der Waals surface area contributed by atoms with E-state index in [1.54, 1.807) is 24.3 Å². The molecule has 0 spiro atoms. The van der Waals surface area contributed by atoms with Gasteiger partial charge in [0.25, 0.3) is 0 Å². The van der Waals surface area contributed by atoms with E-state index in [0.717, 1.165) is 61.7 Å². The number of benzene rings is 3. The first-order valence-electron chi connectivity index (χ1n) is 11.4. The molecule has 4 rings (SSSR count). The van der Waals surface area contributed by atoms with Crippen molar-refractivity contribution in [2.24, 2.45) is 0 Å². The lowest BCUT2D eigenvalue weighted by atomic mass is 10.0. The van der Waals surface area contributed by atoms with Crippen LogP contribution in [0.5, 0.6) is 0 Å². The molecule has 33 heavy (non-hydrogen) atoms. The summed E-state index contributed by atoms with van der Waals surface area (Å²) in [6, 6.07) is 20.7. The molecule has 1 saturated heterocycles. The normalized spacial score (nSPS) is 14.7. The molecule has 3 nitrogen and oxygen atoms in total. The Morgan fingerprint density at radius 1 is 0.727 bits per heavy atom. The molecule has 3 aromatic rings. The maximum atomic E-state index is 13.4. The molecule has 1 heterocycles. The van der Waals surface area contributed by atoms with Gasteiger partial charge in [0.1, 0.15) is 17.7 Å². The van der Waals surface area contributed by atoms with Crippen LogP contribution in [0.4, 0.5) is 14.5 Å². The second kappa shape index (κ2) is 11.6. The number of halogens is 3. The second-order valence-electron chi connectivity index (χ2n) is 8.37. The summed E-state index contributed by atoms with van der Waals surface area (Å²) in [5.74, 6) is -0.569. The zero-order valence-corrected chi connectivity index (χ0v) is 19.4. The molecule has 1 fully saturated rings. The van der Waals surface area contributed by atoms with Gasteiger partial charge in [0, 0.05) is 43.5 Å². The molecular formula is C27H29ClF2N2O. The molecule has 0 atom stereocenters. The molecule has 1 aliphatic rings. The lowest BCUT2D eigenvalue weighted by Gasteiger charge is -2.36. The maximum Gasteiger partial charge on any atom is 0.123 e. The number of ether oxygens (including phenoxy) is 1. The van der Waals surface area contributed by atoms with Gasteiger partial charge in [0.05, 0.1) is 0 Å². The summed E-state index contributed by atoms with van der Waals surface area (Å²) in [4.78, 5) is 4.88. The summed E-state index contributed by atoms with van der Waals surface area (Å²) in [5, 5.41) is 0.765. The summed E-state index contributed by atoms with van der Waals surface area (Å²) in [5.41, 5.74) is 2.95. The molecule has 0 aromatic heterocycles. The first-order chi connectivity index (χ1) is 16.1. The van der Waals surface area contributed by atoms with E-state index in [9.17, 15) is 8.78 Å². The van der Waals surface area contributed by atoms with Gasteiger partial charge in [-0.25, -0.2) is 8.78 Å². The van der Waals surface area contributed by atoms with E-state index in [4.69, 9.17) is 16.3 Å². The number of anilines is 1. The highest BCUT2D eigenvalue weighted by Gasteiger charge is 2.18. The van der Waals surface area contributed by atoms with Crippen molar-refractivity contribution in [3.05, 3.63) is 101 Å². The van der Waals surface area contributed by atoms with E-state index in [-0.39, 0.29) is 17.7 Å². The van der Waals surface area contributed by atoms with Crippen molar-refractivity contribution in [3.8, 4) is 0 Å². The number of piperazine rings is 1. The van der Waals surface area contributed by atoms with Crippen LogP contribution in [0.2, 0.25) is 5.02 Å². The third kappa shape index (κ3) is 6.76. The highest BCUT2D eigenvalue weighted by atomic mass is 35.5. The van der Waals surface area contributed by atoms with Crippen LogP contribution < -0.4 is 4.90 Å². The van der Waals surface area contributed by atoms with Gasteiger partial charge in [0.2, 0.25) is 0 Å². The molecule has 0 radical (unpaired) electrons. The van der Waals surface area contributed by atoms with E-state index >= 15 is 0 Å². The van der Waals surface area contributed by atoms with Crippen molar-refractivity contribution in [1.29, 1.82) is 0 Å². The number of unbranched alkanes of at least 4 members (excludes halogenated alkanes) is 1. The van der Waals surface area contributed by atoms with Crippen LogP contribution in [0.3, 0.4) is 0 Å². The third-order valence-corrected chi connectivity index (χ3v) is 6.31. The van der Waals surface area contributed by atoms with Gasteiger partial charge in [-0.2, -0.15) is 0 Å². The van der Waals surface area contributed by atoms with Gasteiger partial charge in [-0.15, -0.1) is 0 Å². The van der Waals surface area contributed by atoms with Crippen LogP contribution in [0.15, 0.2) is 72.8 Å². The zero-order valence-electron chi connectivity index (χ0n) is 18.6. The van der Waals surface area contributed by atoms with Crippen LogP contribution in [0, 0.1) is 11.6 Å². The van der Waals surface area contributed by atoms with Crippen molar-refractivity contribution < 1.29 is 13.5 Å². The first kappa shape index (κ1) is 23.7. The maximum absolute atomic E-state index is 13.4. The molecule has 3 aromatic carbocycles. The highest BCUT2D eigenvalue weighted by Crippen LogP contribution is 2.27. The van der Waals surface area contributed by atoms with E-state index in [0.29, 0.717) is 6.61 Å². The Balaban J connectivity index is 1.22. The van der Waals surface area contributed by atoms with Crippen molar-refractivity contribution in [2.45, 2.75) is 18.9 Å². The lowest BCUT2D eigenvalue weighted by Crippen LogP contribution is -2.46. The predicted octanol–water partition coefficient (Wildman–Crippen LogP) is 6.33. The van der Waals surface area contributed by atoms with E-state index in [1.165, 1.54) is 30.0 Å². The van der Waals surface area contributed by atoms with Crippen LogP contribution in [0.1, 0.15) is 30.1 Å². The summed E-state index contributed by atoms with van der Waals surface area (Å²) in [6.45, 7) is 5.72. The molecule has 0 aliphatic carbocycles. The van der Waals surface area contributed by atoms with Crippen molar-refractivity contribution in [2.75, 3.05) is 44.2 Å². The smallest absolute Gasteiger partial charge is 0.123 e. The molecule has 6 heteroatoms. The largest absolute Gasteiger partial charge is 0.369 e. The van der Waals surface area contributed by atoms with Crippen molar-refractivity contribution in [3.63, 3.8) is 0 Å². The number of hydrogen-bond acceptors (Lipinski definition) is 3. The summed E-state index contributed by atoms with van der Waals surface area (Å²) < 4.78 is 32.9. The van der Waals surface area contributed by atoms with Gasteiger partial charge in [-0.3, -0.25) is 4.90 Å². The minimum Gasteiger partial charge on any atom is -0.369 e. The van der Waals surface area contributed by atoms with Crippen molar-refractivity contribution in [1.82, 2.24) is 4.90 Å². The molecule has 0 N–H and O–H groups in total. The Morgan fingerprint density at radius 2 is 1.27 bits per heavy atom. The third-order valence-electron chi connectivity index (χ3n) is 6.06. The van der Waals surface area contributed by atoms with Gasteiger partial charge >= 0.3 is 0 Å². The molecule has 0 amide bonds. The number of hydrogen-bond donors (Lipinski definition) is 0. The SMILES string of the molecule is Fc1ccc(C(OCCCCN2CCN(c3ccc(Cl)cc3)CC2)c2ccc(F)cc2)cc1. The van der Waals surface area contributed by atoms with E-state index < -0.39 is 0 Å². The monoisotopic (exact) mass is 470 g/mol.